The Labute approximate surface area is 349 Å². The van der Waals surface area contributed by atoms with E-state index in [9.17, 15) is 0 Å². The van der Waals surface area contributed by atoms with Crippen molar-refractivity contribution >= 4 is 73.8 Å². The molecule has 0 radical (unpaired) electrons. The van der Waals surface area contributed by atoms with Gasteiger partial charge >= 0.3 is 28.4 Å². The molecule has 2 aliphatic carbocycles. The number of hydrogen-bond acceptors (Lipinski definition) is 0. The van der Waals surface area contributed by atoms with Crippen LogP contribution in [-0.4, -0.2) is 4.21 Å². The Hall–Kier alpha value is -2.77. The van der Waals surface area contributed by atoms with Crippen LogP contribution in [0.2, 0.25) is 10.0 Å². The van der Waals surface area contributed by atoms with Crippen molar-refractivity contribution < 1.29 is 24.2 Å². The van der Waals surface area contributed by atoms with Gasteiger partial charge in [-0.15, -0.1) is 142 Å². The number of allylic oxidation sites excluding steroid dienone is 4. The molecule has 6 aromatic rings. The summed E-state index contributed by atoms with van der Waals surface area (Å²) < 4.78 is 3.34. The molecule has 0 fully saturated rings. The molecule has 2 aliphatic rings. The molecule has 0 saturated carbocycles. The summed E-state index contributed by atoms with van der Waals surface area (Å²) >= 11 is 12.9. The summed E-state index contributed by atoms with van der Waals surface area (Å²) in [4.78, 5) is 0. The second-order valence-electron chi connectivity index (χ2n) is 14.1. The first-order valence-corrected chi connectivity index (χ1v) is 19.3. The van der Waals surface area contributed by atoms with E-state index < -0.39 is 0 Å². The molecule has 0 spiro atoms. The Morgan fingerprint density at radius 2 is 1.13 bits per heavy atom. The first kappa shape index (κ1) is 45.4. The molecule has 0 bridgehead atoms. The summed E-state index contributed by atoms with van der Waals surface area (Å²) in [6.45, 7) is 13.6. The van der Waals surface area contributed by atoms with Gasteiger partial charge in [-0.25, -0.2) is 12.2 Å². The van der Waals surface area contributed by atoms with Crippen molar-refractivity contribution in [1.29, 1.82) is 0 Å². The zero-order valence-corrected chi connectivity index (χ0v) is 36.3. The van der Waals surface area contributed by atoms with Gasteiger partial charge in [-0.2, -0.15) is 35.4 Å². The Morgan fingerprint density at radius 1 is 0.615 bits per heavy atom. The SMILES string of the molecule is CC(C)(C)c1c[c-]c2c(c1)-c1cc(C(C)(C)C)ccc1C2.Cl.Cl.Clc1c[c-]c2ccccc2c1.Clc1c[c-]c2ccccc2c1.[C-]1=CC=CC1.[CH2]=[Zr]. The topological polar surface area (TPSA) is 0 Å². The van der Waals surface area contributed by atoms with Crippen LogP contribution in [0, 0.1) is 24.3 Å². The van der Waals surface area contributed by atoms with E-state index >= 15 is 0 Å². The van der Waals surface area contributed by atoms with Crippen LogP contribution in [0.25, 0.3) is 32.7 Å². The fourth-order valence-corrected chi connectivity index (χ4v) is 5.85. The average molecular weight is 844 g/mol. The zero-order valence-electron chi connectivity index (χ0n) is 30.7. The van der Waals surface area contributed by atoms with Crippen molar-refractivity contribution in [2.75, 3.05) is 0 Å². The third-order valence-electron chi connectivity index (χ3n) is 8.35. The van der Waals surface area contributed by atoms with Crippen LogP contribution in [0.15, 0.2) is 121 Å². The first-order chi connectivity index (χ1) is 23.9. The van der Waals surface area contributed by atoms with Crippen LogP contribution in [0.5, 0.6) is 0 Å². The van der Waals surface area contributed by atoms with Crippen LogP contribution in [0.3, 0.4) is 0 Å². The van der Waals surface area contributed by atoms with Crippen molar-refractivity contribution in [3.63, 3.8) is 0 Å². The van der Waals surface area contributed by atoms with Crippen molar-refractivity contribution in [3.05, 3.63) is 178 Å². The molecule has 0 aliphatic heterocycles. The number of hydrogen-bond donors (Lipinski definition) is 0. The van der Waals surface area contributed by atoms with E-state index in [1.54, 1.807) is 12.1 Å². The predicted molar refractivity (Wildman–Crippen MR) is 230 cm³/mol. The first-order valence-electron chi connectivity index (χ1n) is 16.8. The number of benzene rings is 6. The molecular formula is C47H46Cl4Zr-4. The van der Waals surface area contributed by atoms with Gasteiger partial charge in [0.15, 0.2) is 0 Å². The molecule has 6 aromatic carbocycles. The van der Waals surface area contributed by atoms with Crippen molar-refractivity contribution in [3.8, 4) is 11.1 Å². The minimum atomic E-state index is 0. The van der Waals surface area contributed by atoms with Gasteiger partial charge in [-0.3, -0.25) is 6.08 Å². The Kier molecular flexibility index (Phi) is 18.5. The zero-order chi connectivity index (χ0) is 36.3. The van der Waals surface area contributed by atoms with Crippen molar-refractivity contribution in [1.82, 2.24) is 0 Å². The van der Waals surface area contributed by atoms with E-state index in [4.69, 9.17) is 23.2 Å². The summed E-state index contributed by atoms with van der Waals surface area (Å²) in [7, 11) is 0. The van der Waals surface area contributed by atoms with Crippen molar-refractivity contribution in [2.24, 2.45) is 0 Å². The van der Waals surface area contributed by atoms with Crippen LogP contribution in [0.1, 0.15) is 70.2 Å². The fraction of sp³-hybridized carbons (Fsp3) is 0.213. The summed E-state index contributed by atoms with van der Waals surface area (Å²) in [6.07, 6.45) is 11.0. The molecular weight excluding hydrogens is 798 g/mol. The molecule has 8 rings (SSSR count). The molecule has 5 heteroatoms. The fourth-order valence-electron chi connectivity index (χ4n) is 5.51. The van der Waals surface area contributed by atoms with E-state index in [0.717, 1.165) is 44.4 Å². The maximum absolute atomic E-state index is 5.79. The molecule has 0 N–H and O–H groups in total. The number of rotatable bonds is 0. The molecule has 0 unspecified atom stereocenters. The monoisotopic (exact) mass is 840 g/mol. The Bertz CT molecular complexity index is 1950. The van der Waals surface area contributed by atoms with Gasteiger partial charge in [0.1, 0.15) is 0 Å². The van der Waals surface area contributed by atoms with Gasteiger partial charge in [-0.05, 0) is 27.4 Å². The molecule has 0 amide bonds. The third-order valence-corrected chi connectivity index (χ3v) is 8.79. The quantitative estimate of drug-likeness (QED) is 0.133. The van der Waals surface area contributed by atoms with Gasteiger partial charge in [0.25, 0.3) is 0 Å². The number of fused-ring (bicyclic) bond motifs is 5. The summed E-state index contributed by atoms with van der Waals surface area (Å²) in [5, 5.41) is 5.97. The maximum atomic E-state index is 5.79. The van der Waals surface area contributed by atoms with Gasteiger partial charge in [0, 0.05) is 0 Å². The normalized spacial score (nSPS) is 11.8. The van der Waals surface area contributed by atoms with Crippen LogP contribution in [-0.2, 0) is 41.5 Å². The molecule has 270 valence electrons. The summed E-state index contributed by atoms with van der Waals surface area (Å²) in [6, 6.07) is 44.7. The minimum absolute atomic E-state index is 0. The molecule has 0 saturated heterocycles. The van der Waals surface area contributed by atoms with Crippen LogP contribution in [0.4, 0.5) is 0 Å². The summed E-state index contributed by atoms with van der Waals surface area (Å²) in [5.41, 5.74) is 8.76. The van der Waals surface area contributed by atoms with Gasteiger partial charge in [0.2, 0.25) is 0 Å². The number of halogens is 4. The van der Waals surface area contributed by atoms with Crippen LogP contribution < -0.4 is 0 Å². The van der Waals surface area contributed by atoms with Crippen molar-refractivity contribution in [2.45, 2.75) is 65.2 Å². The second-order valence-corrected chi connectivity index (χ2v) is 15.0. The van der Waals surface area contributed by atoms with Crippen LogP contribution >= 0.6 is 48.0 Å². The standard InChI is InChI=1S/C21H25.2C10H6Cl.C5H5.CH2.2ClH.Zr/c1-20(2,3)16-9-7-14-11-15-8-10-17(21(4,5)6)13-19(15)18(14)12-16;2*11-10-6-5-8-3-1-2-4-9(8)7-10;1-2-4-5-3-1;;;;/h7,9-10,12-13H,11H2,1-6H3;2*1-4,6-7H;1-3H,4H2;1H2;2*1H;/q4*-1;;;;. The molecule has 0 nitrogen and oxygen atoms in total. The second kappa shape index (κ2) is 21.2. The van der Waals surface area contributed by atoms with E-state index in [1.165, 1.54) is 57.6 Å². The van der Waals surface area contributed by atoms with Gasteiger partial charge in [0.05, 0.1) is 0 Å². The molecule has 0 aromatic heterocycles. The Morgan fingerprint density at radius 3 is 1.60 bits per heavy atom. The van der Waals surface area contributed by atoms with Gasteiger partial charge in [-0.1, -0.05) is 101 Å². The van der Waals surface area contributed by atoms with E-state index in [0.29, 0.717) is 0 Å². The third kappa shape index (κ3) is 13.0. The average Bonchev–Trinajstić information content (AvgIpc) is 3.81. The predicted octanol–water partition coefficient (Wildman–Crippen LogP) is 14.4. The Balaban J connectivity index is 0.000000257. The summed E-state index contributed by atoms with van der Waals surface area (Å²) in [5.74, 6) is 0. The van der Waals surface area contributed by atoms with Gasteiger partial charge < -0.3 is 0 Å². The van der Waals surface area contributed by atoms with E-state index in [-0.39, 0.29) is 35.6 Å². The molecule has 52 heavy (non-hydrogen) atoms. The molecule has 0 heterocycles. The van der Waals surface area contributed by atoms with E-state index in [2.05, 4.69) is 106 Å². The van der Waals surface area contributed by atoms with E-state index in [1.807, 2.05) is 72.8 Å². The molecule has 0 atom stereocenters.